The van der Waals surface area contributed by atoms with Gasteiger partial charge in [0.05, 0.1) is 31.2 Å². The number of hydrogen-bond acceptors (Lipinski definition) is 5. The Bertz CT molecular complexity index is 502. The smallest absolute Gasteiger partial charge is 0.313 e. The van der Waals surface area contributed by atoms with Crippen molar-refractivity contribution in [2.24, 2.45) is 11.1 Å². The van der Waals surface area contributed by atoms with Gasteiger partial charge in [-0.3, -0.25) is 4.79 Å². The molecule has 0 saturated heterocycles. The van der Waals surface area contributed by atoms with Crippen molar-refractivity contribution in [2.75, 3.05) is 21.3 Å². The lowest BCUT2D eigenvalue weighted by atomic mass is 9.80. The number of carbonyl (C=O) groups is 1. The van der Waals surface area contributed by atoms with Gasteiger partial charge in [0, 0.05) is 11.6 Å². The molecule has 0 unspecified atom stereocenters. The van der Waals surface area contributed by atoms with E-state index in [1.54, 1.807) is 40.2 Å². The summed E-state index contributed by atoms with van der Waals surface area (Å²) in [5.41, 5.74) is 6.04. The van der Waals surface area contributed by atoms with E-state index in [-0.39, 0.29) is 5.97 Å². The first-order valence-corrected chi connectivity index (χ1v) is 6.84. The third kappa shape index (κ3) is 3.07. The van der Waals surface area contributed by atoms with Gasteiger partial charge >= 0.3 is 5.97 Å². The predicted molar refractivity (Wildman–Crippen MR) is 80.0 cm³/mol. The van der Waals surface area contributed by atoms with Gasteiger partial charge in [0.1, 0.15) is 11.5 Å². The van der Waals surface area contributed by atoms with E-state index >= 15 is 0 Å². The fourth-order valence-corrected chi connectivity index (χ4v) is 2.39. The van der Waals surface area contributed by atoms with Crippen molar-refractivity contribution >= 4 is 21.9 Å². The van der Waals surface area contributed by atoms with Gasteiger partial charge in [0.15, 0.2) is 0 Å². The van der Waals surface area contributed by atoms with E-state index in [4.69, 9.17) is 19.9 Å². The molecule has 5 nitrogen and oxygen atoms in total. The van der Waals surface area contributed by atoms with Gasteiger partial charge in [-0.25, -0.2) is 0 Å². The zero-order valence-corrected chi connectivity index (χ0v) is 13.9. The van der Waals surface area contributed by atoms with Crippen LogP contribution in [0.1, 0.15) is 25.5 Å². The Morgan fingerprint density at radius 3 is 2.20 bits per heavy atom. The van der Waals surface area contributed by atoms with E-state index in [0.717, 1.165) is 4.47 Å². The minimum absolute atomic E-state index is 0.381. The molecule has 6 heteroatoms. The van der Waals surface area contributed by atoms with Crippen LogP contribution in [-0.2, 0) is 9.53 Å². The Morgan fingerprint density at radius 1 is 1.20 bits per heavy atom. The molecule has 0 aliphatic rings. The molecule has 0 fully saturated rings. The Kier molecular flexibility index (Phi) is 5.42. The van der Waals surface area contributed by atoms with Gasteiger partial charge in [-0.15, -0.1) is 0 Å². The maximum atomic E-state index is 11.9. The molecule has 20 heavy (non-hydrogen) atoms. The van der Waals surface area contributed by atoms with Crippen LogP contribution in [0.4, 0.5) is 0 Å². The molecule has 0 saturated carbocycles. The lowest BCUT2D eigenvalue weighted by Crippen LogP contribution is -2.37. The fraction of sp³-hybridized carbons (Fsp3) is 0.500. The summed E-state index contributed by atoms with van der Waals surface area (Å²) >= 11 is 3.39. The molecular weight excluding hydrogens is 326 g/mol. The summed E-state index contributed by atoms with van der Waals surface area (Å²) in [6, 6.07) is 2.94. The molecule has 0 aromatic heterocycles. The van der Waals surface area contributed by atoms with Crippen molar-refractivity contribution < 1.29 is 19.0 Å². The van der Waals surface area contributed by atoms with Crippen LogP contribution in [0.3, 0.4) is 0 Å². The van der Waals surface area contributed by atoms with Gasteiger partial charge in [0.2, 0.25) is 0 Å². The van der Waals surface area contributed by atoms with Crippen LogP contribution >= 0.6 is 15.9 Å². The first kappa shape index (κ1) is 16.8. The number of carbonyl (C=O) groups excluding carboxylic acids is 1. The average Bonchev–Trinajstić information content (AvgIpc) is 2.44. The highest BCUT2D eigenvalue weighted by atomic mass is 79.9. The van der Waals surface area contributed by atoms with E-state index in [9.17, 15) is 4.79 Å². The van der Waals surface area contributed by atoms with Gasteiger partial charge in [-0.2, -0.15) is 0 Å². The number of methoxy groups -OCH3 is 3. The molecular formula is C14H20BrNO4. The lowest BCUT2D eigenvalue weighted by molar-refractivity contribution is -0.152. The molecule has 1 rings (SSSR count). The third-order valence-electron chi connectivity index (χ3n) is 3.33. The molecule has 0 aliphatic heterocycles. The number of rotatable bonds is 5. The summed E-state index contributed by atoms with van der Waals surface area (Å²) in [7, 11) is 4.46. The zero-order valence-electron chi connectivity index (χ0n) is 12.3. The van der Waals surface area contributed by atoms with Gasteiger partial charge in [-0.1, -0.05) is 0 Å². The minimum Gasteiger partial charge on any atom is -0.496 e. The lowest BCUT2D eigenvalue weighted by Gasteiger charge is -2.30. The first-order chi connectivity index (χ1) is 9.29. The maximum Gasteiger partial charge on any atom is 0.313 e. The topological polar surface area (TPSA) is 70.8 Å². The van der Waals surface area contributed by atoms with Crippen molar-refractivity contribution in [2.45, 2.75) is 19.9 Å². The quantitative estimate of drug-likeness (QED) is 0.830. The molecule has 0 bridgehead atoms. The number of hydrogen-bond donors (Lipinski definition) is 1. The van der Waals surface area contributed by atoms with E-state index < -0.39 is 11.5 Å². The van der Waals surface area contributed by atoms with E-state index in [2.05, 4.69) is 15.9 Å². The first-order valence-electron chi connectivity index (χ1n) is 6.05. The molecule has 1 atom stereocenters. The summed E-state index contributed by atoms with van der Waals surface area (Å²) in [6.45, 7) is 3.47. The Hall–Kier alpha value is -1.27. The summed E-state index contributed by atoms with van der Waals surface area (Å²) in [5, 5.41) is 0. The average molecular weight is 346 g/mol. The number of nitrogens with two attached hydrogens (primary N) is 1. The van der Waals surface area contributed by atoms with Crippen LogP contribution in [0.25, 0.3) is 0 Å². The van der Waals surface area contributed by atoms with E-state index in [0.29, 0.717) is 17.1 Å². The largest absolute Gasteiger partial charge is 0.496 e. The maximum absolute atomic E-state index is 11.9. The van der Waals surface area contributed by atoms with Gasteiger partial charge < -0.3 is 19.9 Å². The fourth-order valence-electron chi connectivity index (χ4n) is 1.91. The summed E-state index contributed by atoms with van der Waals surface area (Å²) in [6.07, 6.45) is 0. The van der Waals surface area contributed by atoms with Crippen LogP contribution in [0.5, 0.6) is 11.5 Å². The Balaban J connectivity index is 3.33. The van der Waals surface area contributed by atoms with Crippen molar-refractivity contribution in [1.29, 1.82) is 0 Å². The molecule has 0 heterocycles. The van der Waals surface area contributed by atoms with Crippen molar-refractivity contribution in [3.63, 3.8) is 0 Å². The van der Waals surface area contributed by atoms with Crippen LogP contribution < -0.4 is 15.2 Å². The van der Waals surface area contributed by atoms with Crippen LogP contribution in [-0.4, -0.2) is 27.3 Å². The molecule has 1 aromatic rings. The number of ether oxygens (including phenoxy) is 3. The van der Waals surface area contributed by atoms with Crippen molar-refractivity contribution in [1.82, 2.24) is 0 Å². The highest BCUT2D eigenvalue weighted by Crippen LogP contribution is 2.41. The highest BCUT2D eigenvalue weighted by molar-refractivity contribution is 9.10. The highest BCUT2D eigenvalue weighted by Gasteiger charge is 2.38. The number of benzene rings is 1. The van der Waals surface area contributed by atoms with Crippen LogP contribution in [0.2, 0.25) is 0 Å². The number of halogens is 1. The molecule has 0 amide bonds. The normalized spacial score (nSPS) is 12.8. The standard InChI is InChI=1S/C14H20BrNO4/c1-14(2,13(17)20-5)12(16)8-6-11(19-4)9(15)7-10(8)18-3/h6-7,12H,16H2,1-5H3/t12-/m1/s1. The van der Waals surface area contributed by atoms with Gasteiger partial charge in [-0.05, 0) is 41.9 Å². The Labute approximate surface area is 127 Å². The van der Waals surface area contributed by atoms with Crippen molar-refractivity contribution in [3.8, 4) is 11.5 Å². The molecule has 0 spiro atoms. The second-order valence-corrected chi connectivity index (χ2v) is 5.77. The summed E-state index contributed by atoms with van der Waals surface area (Å²) in [5.74, 6) is 0.827. The molecule has 2 N–H and O–H groups in total. The molecule has 0 aliphatic carbocycles. The second-order valence-electron chi connectivity index (χ2n) is 4.92. The Morgan fingerprint density at radius 2 is 1.75 bits per heavy atom. The second kappa shape index (κ2) is 6.45. The predicted octanol–water partition coefficient (Wildman–Crippen LogP) is 2.67. The molecule has 0 radical (unpaired) electrons. The number of esters is 1. The van der Waals surface area contributed by atoms with Gasteiger partial charge in [0.25, 0.3) is 0 Å². The molecule has 1 aromatic carbocycles. The SMILES string of the molecule is COC(=O)C(C)(C)[C@H](N)c1cc(OC)c(Br)cc1OC. The molecule has 112 valence electrons. The monoisotopic (exact) mass is 345 g/mol. The van der Waals surface area contributed by atoms with Crippen molar-refractivity contribution in [3.05, 3.63) is 22.2 Å². The third-order valence-corrected chi connectivity index (χ3v) is 3.95. The minimum atomic E-state index is -0.888. The van der Waals surface area contributed by atoms with E-state index in [1.165, 1.54) is 7.11 Å². The summed E-state index contributed by atoms with van der Waals surface area (Å²) < 4.78 is 16.2. The zero-order chi connectivity index (χ0) is 15.5. The van der Waals surface area contributed by atoms with E-state index in [1.807, 2.05) is 0 Å². The summed E-state index contributed by atoms with van der Waals surface area (Å²) in [4.78, 5) is 11.9. The van der Waals surface area contributed by atoms with Crippen LogP contribution in [0, 0.1) is 5.41 Å². The van der Waals surface area contributed by atoms with Crippen LogP contribution in [0.15, 0.2) is 16.6 Å².